The molecule has 14 heteroatoms. The molecule has 0 aliphatic carbocycles. The molecular weight excluding hydrogens is 628 g/mol. The zero-order valence-electron chi connectivity index (χ0n) is 20.1. The maximum absolute atomic E-state index is 13.4. The van der Waals surface area contributed by atoms with Gasteiger partial charge in [-0.2, -0.15) is 9.78 Å². The summed E-state index contributed by atoms with van der Waals surface area (Å²) in [4.78, 5) is 43.5. The molecule has 0 atom stereocenters. The van der Waals surface area contributed by atoms with Gasteiger partial charge in [0.25, 0.3) is 11.2 Å². The van der Waals surface area contributed by atoms with Crippen LogP contribution < -0.4 is 10.3 Å². The summed E-state index contributed by atoms with van der Waals surface area (Å²) in [6.45, 7) is 5.64. The van der Waals surface area contributed by atoms with Crippen LogP contribution in [0.5, 0.6) is 11.6 Å². The van der Waals surface area contributed by atoms with Gasteiger partial charge >= 0.3 is 5.69 Å². The maximum atomic E-state index is 13.4. The van der Waals surface area contributed by atoms with E-state index in [1.165, 1.54) is 24.4 Å². The molecule has 4 rings (SSSR count). The molecule has 38 heavy (non-hydrogen) atoms. The largest absolute Gasteiger partial charge is 0.431 e. The lowest BCUT2D eigenvalue weighted by atomic mass is 9.95. The average molecular weight is 646 g/mol. The highest BCUT2D eigenvalue weighted by atomic mass is 79.9. The van der Waals surface area contributed by atoms with Crippen molar-refractivity contribution in [2.24, 2.45) is 5.10 Å². The van der Waals surface area contributed by atoms with E-state index in [1.54, 1.807) is 18.2 Å². The van der Waals surface area contributed by atoms with Crippen LogP contribution in [0.15, 0.2) is 67.5 Å². The van der Waals surface area contributed by atoms with E-state index in [0.717, 1.165) is 16.9 Å². The highest BCUT2D eigenvalue weighted by molar-refractivity contribution is 9.10. The molecule has 0 fully saturated rings. The van der Waals surface area contributed by atoms with Gasteiger partial charge in [0, 0.05) is 38.1 Å². The van der Waals surface area contributed by atoms with Crippen molar-refractivity contribution >= 4 is 60.4 Å². The summed E-state index contributed by atoms with van der Waals surface area (Å²) in [7, 11) is 0. The Morgan fingerprint density at radius 2 is 1.76 bits per heavy atom. The second-order valence-electron chi connectivity index (χ2n) is 9.02. The third kappa shape index (κ3) is 5.60. The first-order valence-corrected chi connectivity index (χ1v) is 12.5. The van der Waals surface area contributed by atoms with Crippen molar-refractivity contribution in [1.82, 2.24) is 14.6 Å². The zero-order valence-corrected chi connectivity index (χ0v) is 23.3. The number of fused-ring (bicyclic) bond motifs is 1. The minimum Gasteiger partial charge on any atom is -0.431 e. The molecule has 0 aliphatic rings. The van der Waals surface area contributed by atoms with Crippen molar-refractivity contribution in [3.8, 4) is 11.6 Å². The fourth-order valence-electron chi connectivity index (χ4n) is 3.45. The van der Waals surface area contributed by atoms with Crippen LogP contribution in [0.4, 0.5) is 11.4 Å². The van der Waals surface area contributed by atoms with Crippen molar-refractivity contribution in [1.29, 1.82) is 0 Å². The Balaban J connectivity index is 1.89. The monoisotopic (exact) mass is 644 g/mol. The quantitative estimate of drug-likeness (QED) is 0.138. The summed E-state index contributed by atoms with van der Waals surface area (Å²) in [6.07, 6.45) is 2.22. The van der Waals surface area contributed by atoms with E-state index >= 15 is 0 Å². The van der Waals surface area contributed by atoms with E-state index in [1.807, 2.05) is 20.8 Å². The van der Waals surface area contributed by atoms with E-state index in [4.69, 9.17) is 4.74 Å². The molecule has 0 spiro atoms. The fourth-order valence-corrected chi connectivity index (χ4v) is 4.27. The van der Waals surface area contributed by atoms with Gasteiger partial charge in [-0.25, -0.2) is 9.97 Å². The van der Waals surface area contributed by atoms with Crippen LogP contribution in [-0.2, 0) is 5.41 Å². The SMILES string of the molecule is CC(C)(C)c1nc2ccc(Br)cc2c(=O)n1N=Cc1cc(Br)cc([N+](=O)[O-])c1Oc1ccc([N+](=O)[O-])cn1. The predicted octanol–water partition coefficient (Wildman–Crippen LogP) is 6.10. The highest BCUT2D eigenvalue weighted by Crippen LogP contribution is 2.37. The minimum absolute atomic E-state index is 0.111. The molecule has 0 unspecified atom stereocenters. The third-order valence-electron chi connectivity index (χ3n) is 5.19. The Hall–Kier alpha value is -4.04. The van der Waals surface area contributed by atoms with Crippen molar-refractivity contribution in [3.05, 3.63) is 99.6 Å². The van der Waals surface area contributed by atoms with Gasteiger partial charge in [0.15, 0.2) is 0 Å². The molecule has 0 saturated carbocycles. The highest BCUT2D eigenvalue weighted by Gasteiger charge is 2.25. The lowest BCUT2D eigenvalue weighted by Gasteiger charge is -2.21. The standard InChI is InChI=1S/C24H18Br2N6O6/c1-24(2,3)23-29-18-6-4-14(25)9-17(18)22(33)30(23)28-11-13-8-15(26)10-19(32(36)37)21(13)38-20-7-5-16(12-27-20)31(34)35/h4-12H,1-3H3. The lowest BCUT2D eigenvalue weighted by Crippen LogP contribution is -2.29. The number of aromatic nitrogens is 3. The van der Waals surface area contributed by atoms with Crippen LogP contribution in [0.2, 0.25) is 0 Å². The van der Waals surface area contributed by atoms with E-state index in [2.05, 4.69) is 46.9 Å². The van der Waals surface area contributed by atoms with Crippen molar-refractivity contribution in [2.45, 2.75) is 26.2 Å². The van der Waals surface area contributed by atoms with Gasteiger partial charge < -0.3 is 4.74 Å². The van der Waals surface area contributed by atoms with Crippen LogP contribution in [0, 0.1) is 20.2 Å². The van der Waals surface area contributed by atoms with Gasteiger partial charge in [-0.3, -0.25) is 25.0 Å². The Labute approximate surface area is 231 Å². The molecule has 2 aromatic heterocycles. The van der Waals surface area contributed by atoms with Crippen molar-refractivity contribution < 1.29 is 14.6 Å². The molecule has 12 nitrogen and oxygen atoms in total. The van der Waals surface area contributed by atoms with E-state index in [0.29, 0.717) is 25.7 Å². The molecule has 2 aromatic carbocycles. The number of ether oxygens (including phenoxy) is 1. The number of benzene rings is 2. The summed E-state index contributed by atoms with van der Waals surface area (Å²) in [5.41, 5.74) is -1.04. The number of nitro groups is 2. The molecule has 0 saturated heterocycles. The summed E-state index contributed by atoms with van der Waals surface area (Å²) in [5, 5.41) is 27.5. The van der Waals surface area contributed by atoms with Crippen molar-refractivity contribution in [2.75, 3.05) is 0 Å². The van der Waals surface area contributed by atoms with Gasteiger partial charge in [-0.15, -0.1) is 0 Å². The van der Waals surface area contributed by atoms with Crippen LogP contribution in [0.1, 0.15) is 32.2 Å². The predicted molar refractivity (Wildman–Crippen MR) is 147 cm³/mol. The van der Waals surface area contributed by atoms with E-state index in [-0.39, 0.29) is 22.9 Å². The first kappa shape index (κ1) is 27.0. The Bertz CT molecular complexity index is 1680. The third-order valence-corrected chi connectivity index (χ3v) is 6.14. The number of pyridine rings is 1. The second-order valence-corrected chi connectivity index (χ2v) is 10.9. The summed E-state index contributed by atoms with van der Waals surface area (Å²) < 4.78 is 7.90. The number of nitro benzene ring substituents is 1. The van der Waals surface area contributed by atoms with Crippen LogP contribution in [-0.4, -0.2) is 30.7 Å². The topological polar surface area (TPSA) is 156 Å². The average Bonchev–Trinajstić information content (AvgIpc) is 2.84. The zero-order chi connectivity index (χ0) is 27.8. The fraction of sp³-hybridized carbons (Fsp3) is 0.167. The molecule has 0 N–H and O–H groups in total. The summed E-state index contributed by atoms with van der Waals surface area (Å²) >= 11 is 6.62. The number of nitrogens with zero attached hydrogens (tertiary/aromatic N) is 6. The first-order valence-electron chi connectivity index (χ1n) is 10.9. The summed E-state index contributed by atoms with van der Waals surface area (Å²) in [6, 6.07) is 10.3. The minimum atomic E-state index is -0.648. The lowest BCUT2D eigenvalue weighted by molar-refractivity contribution is -0.385. The molecule has 0 amide bonds. The Morgan fingerprint density at radius 1 is 1.03 bits per heavy atom. The van der Waals surface area contributed by atoms with E-state index < -0.39 is 26.5 Å². The summed E-state index contributed by atoms with van der Waals surface area (Å²) in [5.74, 6) is 0.0446. The maximum Gasteiger partial charge on any atom is 0.313 e. The normalized spacial score (nSPS) is 11.7. The van der Waals surface area contributed by atoms with Gasteiger partial charge in [0.05, 0.1) is 27.0 Å². The Morgan fingerprint density at radius 3 is 2.37 bits per heavy atom. The molecule has 2 heterocycles. The van der Waals surface area contributed by atoms with Gasteiger partial charge in [0.1, 0.15) is 12.0 Å². The molecule has 0 aliphatic heterocycles. The smallest absolute Gasteiger partial charge is 0.313 e. The molecule has 0 bridgehead atoms. The van der Waals surface area contributed by atoms with Crippen LogP contribution >= 0.6 is 31.9 Å². The number of hydrogen-bond acceptors (Lipinski definition) is 9. The second kappa shape index (κ2) is 10.4. The van der Waals surface area contributed by atoms with Crippen LogP contribution in [0.3, 0.4) is 0 Å². The van der Waals surface area contributed by atoms with Gasteiger partial charge in [-0.05, 0) is 24.3 Å². The number of halogens is 2. The number of rotatable bonds is 6. The van der Waals surface area contributed by atoms with E-state index in [9.17, 15) is 25.0 Å². The Kier molecular flexibility index (Phi) is 7.37. The van der Waals surface area contributed by atoms with Gasteiger partial charge in [0.2, 0.25) is 11.6 Å². The molecule has 4 aromatic rings. The molecule has 194 valence electrons. The van der Waals surface area contributed by atoms with Crippen molar-refractivity contribution in [3.63, 3.8) is 0 Å². The number of hydrogen-bond donors (Lipinski definition) is 0. The van der Waals surface area contributed by atoms with Crippen LogP contribution in [0.25, 0.3) is 10.9 Å². The molecule has 0 radical (unpaired) electrons. The first-order chi connectivity index (χ1) is 17.8. The van der Waals surface area contributed by atoms with Gasteiger partial charge in [-0.1, -0.05) is 52.6 Å². The molecular formula is C24H18Br2N6O6.